The Morgan fingerprint density at radius 3 is 2.94 bits per heavy atom. The quantitative estimate of drug-likeness (QED) is 0.681. The highest BCUT2D eigenvalue weighted by atomic mass is 16.5. The number of nitrogens with zero attached hydrogens (tertiary/aromatic N) is 1. The number of likely N-dealkylation sites (tertiary alicyclic amines) is 1. The second kappa shape index (κ2) is 7.27. The van der Waals surface area contributed by atoms with Crippen LogP contribution in [0.15, 0.2) is 0 Å². The van der Waals surface area contributed by atoms with Crippen molar-refractivity contribution in [1.29, 1.82) is 0 Å². The third-order valence-corrected chi connectivity index (χ3v) is 3.00. The number of carboxylic acids is 1. The smallest absolute Gasteiger partial charge is 0.308 e. The van der Waals surface area contributed by atoms with Gasteiger partial charge in [-0.05, 0) is 12.8 Å². The standard InChI is InChI=1S/C12H21NO4/c1-2-3-7-17-8-6-13-9-10(12(15)16)4-5-11(13)14/h10H,2-9H2,1H3,(H,15,16). The van der Waals surface area contributed by atoms with Gasteiger partial charge < -0.3 is 14.7 Å². The monoisotopic (exact) mass is 243 g/mol. The molecule has 1 fully saturated rings. The largest absolute Gasteiger partial charge is 0.481 e. The van der Waals surface area contributed by atoms with Gasteiger partial charge in [-0.3, -0.25) is 9.59 Å². The fourth-order valence-electron chi connectivity index (χ4n) is 1.86. The molecule has 0 aromatic carbocycles. The number of aliphatic carboxylic acids is 1. The minimum Gasteiger partial charge on any atom is -0.481 e. The number of ether oxygens (including phenoxy) is 1. The number of carboxylic acid groups (broad SMARTS) is 1. The van der Waals surface area contributed by atoms with E-state index in [1.165, 1.54) is 0 Å². The fourth-order valence-corrected chi connectivity index (χ4v) is 1.86. The molecule has 0 spiro atoms. The fraction of sp³-hybridized carbons (Fsp3) is 0.833. The van der Waals surface area contributed by atoms with Crippen LogP contribution in [0.3, 0.4) is 0 Å². The van der Waals surface area contributed by atoms with Crippen molar-refractivity contribution < 1.29 is 19.4 Å². The maximum Gasteiger partial charge on any atom is 0.308 e. The molecule has 1 N–H and O–H groups in total. The van der Waals surface area contributed by atoms with Crippen molar-refractivity contribution in [3.63, 3.8) is 0 Å². The molecule has 17 heavy (non-hydrogen) atoms. The summed E-state index contributed by atoms with van der Waals surface area (Å²) < 4.78 is 5.38. The van der Waals surface area contributed by atoms with Crippen molar-refractivity contribution >= 4 is 11.9 Å². The average molecular weight is 243 g/mol. The number of hydrogen-bond donors (Lipinski definition) is 1. The average Bonchev–Trinajstić information content (AvgIpc) is 2.30. The Balaban J connectivity index is 2.25. The first kappa shape index (κ1) is 14.0. The molecule has 0 aromatic rings. The van der Waals surface area contributed by atoms with Crippen molar-refractivity contribution in [3.8, 4) is 0 Å². The maximum atomic E-state index is 11.6. The van der Waals surface area contributed by atoms with Crippen LogP contribution < -0.4 is 0 Å². The summed E-state index contributed by atoms with van der Waals surface area (Å²) in [5.74, 6) is -1.18. The molecule has 0 bridgehead atoms. The van der Waals surface area contributed by atoms with E-state index in [9.17, 15) is 9.59 Å². The molecule has 0 radical (unpaired) electrons. The second-order valence-corrected chi connectivity index (χ2v) is 4.38. The summed E-state index contributed by atoms with van der Waals surface area (Å²) >= 11 is 0. The van der Waals surface area contributed by atoms with Crippen LogP contribution in [0.1, 0.15) is 32.6 Å². The molecule has 1 aliphatic rings. The lowest BCUT2D eigenvalue weighted by molar-refractivity contribution is -0.147. The van der Waals surface area contributed by atoms with Crippen LogP contribution >= 0.6 is 0 Å². The molecule has 1 unspecified atom stereocenters. The topological polar surface area (TPSA) is 66.8 Å². The van der Waals surface area contributed by atoms with E-state index < -0.39 is 11.9 Å². The number of hydrogen-bond acceptors (Lipinski definition) is 3. The van der Waals surface area contributed by atoms with E-state index in [4.69, 9.17) is 9.84 Å². The number of piperidine rings is 1. The van der Waals surface area contributed by atoms with Crippen LogP contribution in [0.2, 0.25) is 0 Å². The first-order valence-corrected chi connectivity index (χ1v) is 6.23. The molecule has 1 amide bonds. The zero-order valence-corrected chi connectivity index (χ0v) is 10.4. The lowest BCUT2D eigenvalue weighted by Gasteiger charge is -2.30. The number of rotatable bonds is 7. The summed E-state index contributed by atoms with van der Waals surface area (Å²) in [5.41, 5.74) is 0. The van der Waals surface area contributed by atoms with Gasteiger partial charge in [0.1, 0.15) is 0 Å². The molecule has 5 nitrogen and oxygen atoms in total. The Kier molecular flexibility index (Phi) is 5.97. The first-order chi connectivity index (χ1) is 8.15. The van der Waals surface area contributed by atoms with Gasteiger partial charge in [0.15, 0.2) is 0 Å². The van der Waals surface area contributed by atoms with Gasteiger partial charge in [0, 0.05) is 26.1 Å². The van der Waals surface area contributed by atoms with Gasteiger partial charge in [-0.25, -0.2) is 0 Å². The van der Waals surface area contributed by atoms with Crippen LogP contribution in [0.25, 0.3) is 0 Å². The molecule has 0 aromatic heterocycles. The van der Waals surface area contributed by atoms with Gasteiger partial charge in [0.2, 0.25) is 5.91 Å². The van der Waals surface area contributed by atoms with Gasteiger partial charge in [-0.2, -0.15) is 0 Å². The SMILES string of the molecule is CCCCOCCN1CC(C(=O)O)CCC1=O. The first-order valence-electron chi connectivity index (χ1n) is 6.23. The van der Waals surface area contributed by atoms with E-state index >= 15 is 0 Å². The van der Waals surface area contributed by atoms with Gasteiger partial charge in [-0.1, -0.05) is 13.3 Å². The predicted molar refractivity (Wildman–Crippen MR) is 62.7 cm³/mol. The third-order valence-electron chi connectivity index (χ3n) is 3.00. The van der Waals surface area contributed by atoms with Crippen molar-refractivity contribution in [1.82, 2.24) is 4.90 Å². The summed E-state index contributed by atoms with van der Waals surface area (Å²) in [6.45, 7) is 4.13. The predicted octanol–water partition coefficient (Wildman–Crippen LogP) is 1.13. The number of carbonyl (C=O) groups excluding carboxylic acids is 1. The summed E-state index contributed by atoms with van der Waals surface area (Å²) in [4.78, 5) is 24.0. The zero-order valence-electron chi connectivity index (χ0n) is 10.4. The molecule has 1 saturated heterocycles. The number of amides is 1. The van der Waals surface area contributed by atoms with Gasteiger partial charge >= 0.3 is 5.97 Å². The van der Waals surface area contributed by atoms with E-state index in [1.54, 1.807) is 4.90 Å². The molecule has 5 heteroatoms. The Morgan fingerprint density at radius 2 is 2.29 bits per heavy atom. The maximum absolute atomic E-state index is 11.6. The Bertz CT molecular complexity index is 267. The molecule has 0 aliphatic carbocycles. The van der Waals surface area contributed by atoms with Crippen LogP contribution in [0.5, 0.6) is 0 Å². The van der Waals surface area contributed by atoms with E-state index in [-0.39, 0.29) is 5.91 Å². The molecular formula is C12H21NO4. The summed E-state index contributed by atoms with van der Waals surface area (Å²) in [7, 11) is 0. The van der Waals surface area contributed by atoms with E-state index in [2.05, 4.69) is 6.92 Å². The molecule has 98 valence electrons. The summed E-state index contributed by atoms with van der Waals surface area (Å²) in [5, 5.41) is 8.91. The number of unbranched alkanes of at least 4 members (excludes halogenated alkanes) is 1. The highest BCUT2D eigenvalue weighted by Crippen LogP contribution is 2.17. The Labute approximate surface area is 102 Å². The van der Waals surface area contributed by atoms with E-state index in [1.807, 2.05) is 0 Å². The molecule has 1 rings (SSSR count). The van der Waals surface area contributed by atoms with E-state index in [0.717, 1.165) is 12.8 Å². The lowest BCUT2D eigenvalue weighted by Crippen LogP contribution is -2.44. The highest BCUT2D eigenvalue weighted by Gasteiger charge is 2.29. The van der Waals surface area contributed by atoms with Gasteiger partial charge in [0.05, 0.1) is 12.5 Å². The molecule has 1 aliphatic heterocycles. The minimum atomic E-state index is -0.811. The molecule has 1 heterocycles. The van der Waals surface area contributed by atoms with Crippen molar-refractivity contribution in [2.24, 2.45) is 5.92 Å². The van der Waals surface area contributed by atoms with Crippen molar-refractivity contribution in [2.75, 3.05) is 26.3 Å². The Hall–Kier alpha value is -1.10. The summed E-state index contributed by atoms with van der Waals surface area (Å²) in [6.07, 6.45) is 2.91. The van der Waals surface area contributed by atoms with Crippen molar-refractivity contribution in [2.45, 2.75) is 32.6 Å². The summed E-state index contributed by atoms with van der Waals surface area (Å²) in [6, 6.07) is 0. The Morgan fingerprint density at radius 1 is 1.53 bits per heavy atom. The van der Waals surface area contributed by atoms with Crippen molar-refractivity contribution in [3.05, 3.63) is 0 Å². The second-order valence-electron chi connectivity index (χ2n) is 4.38. The number of carbonyl (C=O) groups is 2. The zero-order chi connectivity index (χ0) is 12.7. The molecule has 0 saturated carbocycles. The third kappa shape index (κ3) is 4.73. The van der Waals surface area contributed by atoms with Gasteiger partial charge in [-0.15, -0.1) is 0 Å². The lowest BCUT2D eigenvalue weighted by atomic mass is 9.98. The van der Waals surface area contributed by atoms with Gasteiger partial charge in [0.25, 0.3) is 0 Å². The van der Waals surface area contributed by atoms with E-state index in [0.29, 0.717) is 39.1 Å². The molecule has 1 atom stereocenters. The normalized spacial score (nSPS) is 20.6. The minimum absolute atomic E-state index is 0.0431. The van der Waals surface area contributed by atoms with Crippen LogP contribution in [-0.2, 0) is 14.3 Å². The van der Waals surface area contributed by atoms with Crippen LogP contribution in [0, 0.1) is 5.92 Å². The highest BCUT2D eigenvalue weighted by molar-refractivity contribution is 5.80. The van der Waals surface area contributed by atoms with Crippen LogP contribution in [-0.4, -0.2) is 48.2 Å². The molecular weight excluding hydrogens is 222 g/mol. The van der Waals surface area contributed by atoms with Crippen LogP contribution in [0.4, 0.5) is 0 Å².